The Morgan fingerprint density at radius 2 is 1.70 bits per heavy atom. The van der Waals surface area contributed by atoms with Gasteiger partial charge in [-0.1, -0.05) is 30.3 Å². The van der Waals surface area contributed by atoms with Crippen molar-refractivity contribution in [2.24, 2.45) is 0 Å². The van der Waals surface area contributed by atoms with Crippen LogP contribution in [0.15, 0.2) is 54.6 Å². The lowest BCUT2D eigenvalue weighted by molar-refractivity contribution is 0.122. The summed E-state index contributed by atoms with van der Waals surface area (Å²) in [5, 5.41) is 0. The number of fused-ring (bicyclic) bond motifs is 1. The summed E-state index contributed by atoms with van der Waals surface area (Å²) < 4.78 is 11.8. The van der Waals surface area contributed by atoms with E-state index in [-0.39, 0.29) is 0 Å². The minimum Gasteiger partial charge on any atom is -0.439 e. The van der Waals surface area contributed by atoms with Crippen LogP contribution in [-0.2, 0) is 24.2 Å². The largest absolute Gasteiger partial charge is 0.439 e. The van der Waals surface area contributed by atoms with Gasteiger partial charge in [0.15, 0.2) is 0 Å². The van der Waals surface area contributed by atoms with Crippen molar-refractivity contribution >= 4 is 11.6 Å². The van der Waals surface area contributed by atoms with Crippen LogP contribution in [-0.4, -0.2) is 61.8 Å². The average molecular weight is 446 g/mol. The molecule has 0 bridgehead atoms. The summed E-state index contributed by atoms with van der Waals surface area (Å²) in [6.45, 7) is 5.65. The standard InChI is InChI=1S/C26H31N5O2/c1-29(2)21-10-8-20(9-11-21)18-30-13-12-24-23(19-30)25(33-22-6-4-3-5-7-22)28-26(27-24)31-14-16-32-17-15-31/h3-11H,12-19H2,1-2H3. The van der Waals surface area contributed by atoms with Gasteiger partial charge >= 0.3 is 0 Å². The summed E-state index contributed by atoms with van der Waals surface area (Å²) in [7, 11) is 4.13. The molecule has 1 aromatic heterocycles. The molecule has 172 valence electrons. The first-order chi connectivity index (χ1) is 16.2. The second-order valence-corrected chi connectivity index (χ2v) is 8.79. The maximum atomic E-state index is 6.31. The Balaban J connectivity index is 1.40. The van der Waals surface area contributed by atoms with Gasteiger partial charge in [0.25, 0.3) is 0 Å². The molecule has 0 aliphatic carbocycles. The number of rotatable bonds is 6. The van der Waals surface area contributed by atoms with E-state index >= 15 is 0 Å². The van der Waals surface area contributed by atoms with Gasteiger partial charge in [0, 0.05) is 58.9 Å². The Morgan fingerprint density at radius 3 is 2.42 bits per heavy atom. The van der Waals surface area contributed by atoms with Crippen LogP contribution in [0.5, 0.6) is 11.6 Å². The third-order valence-electron chi connectivity index (χ3n) is 6.20. The molecule has 0 saturated carbocycles. The monoisotopic (exact) mass is 445 g/mol. The third kappa shape index (κ3) is 5.10. The van der Waals surface area contributed by atoms with Gasteiger partial charge in [-0.05, 0) is 29.8 Å². The molecule has 2 aromatic carbocycles. The Hall–Kier alpha value is -3.16. The van der Waals surface area contributed by atoms with Crippen LogP contribution in [0, 0.1) is 0 Å². The van der Waals surface area contributed by atoms with E-state index in [0.29, 0.717) is 19.1 Å². The van der Waals surface area contributed by atoms with Crippen LogP contribution in [0.1, 0.15) is 16.8 Å². The van der Waals surface area contributed by atoms with Crippen LogP contribution in [0.25, 0.3) is 0 Å². The predicted octanol–water partition coefficient (Wildman–Crippen LogP) is 3.73. The summed E-state index contributed by atoms with van der Waals surface area (Å²) in [6.07, 6.45) is 0.885. The summed E-state index contributed by atoms with van der Waals surface area (Å²) >= 11 is 0. The van der Waals surface area contributed by atoms with Crippen molar-refractivity contribution in [2.45, 2.75) is 19.5 Å². The van der Waals surface area contributed by atoms with Gasteiger partial charge in [0.05, 0.1) is 24.5 Å². The van der Waals surface area contributed by atoms with Crippen molar-refractivity contribution < 1.29 is 9.47 Å². The van der Waals surface area contributed by atoms with Gasteiger partial charge in [-0.15, -0.1) is 0 Å². The first kappa shape index (κ1) is 21.7. The number of aromatic nitrogens is 2. The van der Waals surface area contributed by atoms with E-state index in [9.17, 15) is 0 Å². The highest BCUT2D eigenvalue weighted by Crippen LogP contribution is 2.32. The molecule has 0 N–H and O–H groups in total. The molecule has 1 saturated heterocycles. The molecular weight excluding hydrogens is 414 g/mol. The molecule has 3 aromatic rings. The number of ether oxygens (including phenoxy) is 2. The first-order valence-electron chi connectivity index (χ1n) is 11.6. The van der Waals surface area contributed by atoms with Gasteiger partial charge in [0.2, 0.25) is 11.8 Å². The normalized spacial score (nSPS) is 16.4. The lowest BCUT2D eigenvalue weighted by Gasteiger charge is -2.32. The minimum atomic E-state index is 0.667. The van der Waals surface area contributed by atoms with Gasteiger partial charge in [0.1, 0.15) is 5.75 Å². The molecule has 0 unspecified atom stereocenters. The summed E-state index contributed by atoms with van der Waals surface area (Å²) in [5.74, 6) is 2.21. The van der Waals surface area contributed by atoms with E-state index < -0.39 is 0 Å². The number of nitrogens with zero attached hydrogens (tertiary/aromatic N) is 5. The van der Waals surface area contributed by atoms with Crippen molar-refractivity contribution in [3.05, 3.63) is 71.4 Å². The fourth-order valence-corrected chi connectivity index (χ4v) is 4.31. The van der Waals surface area contributed by atoms with Crippen LogP contribution in [0.4, 0.5) is 11.6 Å². The van der Waals surface area contributed by atoms with Gasteiger partial charge < -0.3 is 19.3 Å². The molecule has 7 heteroatoms. The third-order valence-corrected chi connectivity index (χ3v) is 6.20. The Bertz CT molecular complexity index is 1070. The maximum Gasteiger partial charge on any atom is 0.229 e. The molecule has 0 amide bonds. The second-order valence-electron chi connectivity index (χ2n) is 8.79. The van der Waals surface area contributed by atoms with Gasteiger partial charge in [-0.2, -0.15) is 4.98 Å². The van der Waals surface area contributed by atoms with E-state index in [1.54, 1.807) is 0 Å². The van der Waals surface area contributed by atoms with Gasteiger partial charge in [-0.3, -0.25) is 4.90 Å². The quantitative estimate of drug-likeness (QED) is 0.573. The Labute approximate surface area is 195 Å². The van der Waals surface area contributed by atoms with E-state index in [2.05, 4.69) is 53.1 Å². The lowest BCUT2D eigenvalue weighted by Crippen LogP contribution is -2.38. The number of anilines is 2. The molecule has 0 radical (unpaired) electrons. The Morgan fingerprint density at radius 1 is 0.939 bits per heavy atom. The number of hydrogen-bond donors (Lipinski definition) is 0. The molecule has 1 fully saturated rings. The van der Waals surface area contributed by atoms with Crippen molar-refractivity contribution in [2.75, 3.05) is 56.7 Å². The maximum absolute atomic E-state index is 6.31. The summed E-state index contributed by atoms with van der Waals surface area (Å²) in [4.78, 5) is 16.6. The van der Waals surface area contributed by atoms with E-state index in [1.807, 2.05) is 30.3 Å². The zero-order valence-electron chi connectivity index (χ0n) is 19.4. The van der Waals surface area contributed by atoms with Crippen molar-refractivity contribution in [1.82, 2.24) is 14.9 Å². The lowest BCUT2D eigenvalue weighted by atomic mass is 10.1. The molecule has 2 aliphatic heterocycles. The number of morpholine rings is 1. The van der Waals surface area contributed by atoms with E-state index in [4.69, 9.17) is 19.4 Å². The highest BCUT2D eigenvalue weighted by atomic mass is 16.5. The fourth-order valence-electron chi connectivity index (χ4n) is 4.31. The molecule has 2 aliphatic rings. The van der Waals surface area contributed by atoms with Crippen LogP contribution in [0.3, 0.4) is 0 Å². The van der Waals surface area contributed by atoms with Crippen molar-refractivity contribution in [3.8, 4) is 11.6 Å². The highest BCUT2D eigenvalue weighted by molar-refractivity contribution is 5.46. The molecule has 0 atom stereocenters. The predicted molar refractivity (Wildman–Crippen MR) is 130 cm³/mol. The Kier molecular flexibility index (Phi) is 6.41. The molecular formula is C26H31N5O2. The van der Waals surface area contributed by atoms with E-state index in [1.165, 1.54) is 11.3 Å². The number of benzene rings is 2. The summed E-state index contributed by atoms with van der Waals surface area (Å²) in [5.41, 5.74) is 4.70. The van der Waals surface area contributed by atoms with Crippen molar-refractivity contribution in [3.63, 3.8) is 0 Å². The van der Waals surface area contributed by atoms with Gasteiger partial charge in [-0.25, -0.2) is 4.98 Å². The van der Waals surface area contributed by atoms with Crippen LogP contribution >= 0.6 is 0 Å². The van der Waals surface area contributed by atoms with Crippen LogP contribution < -0.4 is 14.5 Å². The smallest absolute Gasteiger partial charge is 0.229 e. The first-order valence-corrected chi connectivity index (χ1v) is 11.6. The molecule has 3 heterocycles. The van der Waals surface area contributed by atoms with Crippen molar-refractivity contribution in [1.29, 1.82) is 0 Å². The summed E-state index contributed by atoms with van der Waals surface area (Å²) in [6, 6.07) is 18.7. The number of para-hydroxylation sites is 1. The number of hydrogen-bond acceptors (Lipinski definition) is 7. The molecule has 7 nitrogen and oxygen atoms in total. The molecule has 33 heavy (non-hydrogen) atoms. The fraction of sp³-hybridized carbons (Fsp3) is 0.385. The zero-order chi connectivity index (χ0) is 22.6. The zero-order valence-corrected chi connectivity index (χ0v) is 19.4. The molecule has 5 rings (SSSR count). The highest BCUT2D eigenvalue weighted by Gasteiger charge is 2.26. The topological polar surface area (TPSA) is 54.0 Å². The molecule has 0 spiro atoms. The minimum absolute atomic E-state index is 0.667. The second kappa shape index (κ2) is 9.77. The average Bonchev–Trinajstić information content (AvgIpc) is 2.86. The SMILES string of the molecule is CN(C)c1ccc(CN2CCc3nc(N4CCOCC4)nc(Oc4ccccc4)c3C2)cc1. The van der Waals surface area contributed by atoms with Crippen LogP contribution in [0.2, 0.25) is 0 Å². The van der Waals surface area contributed by atoms with E-state index in [0.717, 1.165) is 62.1 Å².